The number of primary amides is 2. The molecule has 96 heavy (non-hydrogen) atoms. The quantitative estimate of drug-likeness (QED) is 0.0185. The number of hydrogen-bond acceptors (Lipinski definition) is 17. The van der Waals surface area contributed by atoms with E-state index in [-0.39, 0.29) is 76.6 Å². The number of guanidine groups is 1. The second-order valence-electron chi connectivity index (χ2n) is 24.5. The highest BCUT2D eigenvalue weighted by Gasteiger charge is 2.43. The smallest absolute Gasteiger partial charge is 0.303 e. The minimum Gasteiger partial charge on any atom is -0.481 e. The Morgan fingerprint density at radius 1 is 0.594 bits per heavy atom. The highest BCUT2D eigenvalue weighted by molar-refractivity contribution is 7.98. The summed E-state index contributed by atoms with van der Waals surface area (Å²) in [5.41, 5.74) is 35.1. The van der Waals surface area contributed by atoms with E-state index in [1.165, 1.54) is 21.6 Å². The molecule has 2 aliphatic rings. The zero-order valence-corrected chi connectivity index (χ0v) is 56.0. The maximum Gasteiger partial charge on any atom is 0.303 e. The standard InChI is InChI=1S/C64H99N17O14S/c1-37(2)34-46(58(90)74-42(54(68)86)28-33-96-4)73-51(83)36-72-55(87)47(35-39-16-7-5-8-17-39)78-61(93)53(38(3)40-18-9-6-10-19-40)79-57(89)43(24-26-50(67)82)75-56(88)44(25-27-52(84)85)76-59(91)49-23-15-32-81(49)63(95)45(21-11-12-29-65)77-60(92)48-22-14-31-80(48)62(94)41(66)20-13-30-71-64(69)70/h5-10,16-19,37-38,41-49,53H,11-15,20-36,65-66H2,1-4H3,(H2,67,82)(H2,68,86)(H,72,87)(H,73,83)(H,74,90)(H,75,88)(H,76,91)(H,77,92)(H,78,93)(H,79,89)(H,84,85)(H4,69,70,71)/t38-,41+,42+,43+,44+,45+,46+,47+,48+,49+,53+/m1/s1. The van der Waals surface area contributed by atoms with Gasteiger partial charge in [0.05, 0.1) is 12.6 Å². The lowest BCUT2D eigenvalue weighted by atomic mass is 9.91. The van der Waals surface area contributed by atoms with Gasteiger partial charge in [-0.2, -0.15) is 11.8 Å². The lowest BCUT2D eigenvalue weighted by Gasteiger charge is -2.32. The predicted octanol–water partition coefficient (Wildman–Crippen LogP) is -2.55. The van der Waals surface area contributed by atoms with Crippen LogP contribution < -0.4 is 76.9 Å². The second-order valence-corrected chi connectivity index (χ2v) is 25.5. The molecule has 21 N–H and O–H groups in total. The normalized spacial score (nSPS) is 17.1. The van der Waals surface area contributed by atoms with Crippen LogP contribution in [0.25, 0.3) is 0 Å². The Bertz CT molecular complexity index is 3000. The molecule has 2 aromatic rings. The van der Waals surface area contributed by atoms with Crippen molar-refractivity contribution in [1.29, 1.82) is 0 Å². The number of nitrogens with one attached hydrogen (secondary N) is 8. The number of hydrogen-bond donors (Lipinski definition) is 15. The van der Waals surface area contributed by atoms with Crippen LogP contribution in [0, 0.1) is 5.92 Å². The van der Waals surface area contributed by atoms with Gasteiger partial charge in [0.2, 0.25) is 70.9 Å². The molecule has 2 aliphatic heterocycles. The fraction of sp³-hybridized carbons (Fsp3) is 0.594. The summed E-state index contributed by atoms with van der Waals surface area (Å²) in [4.78, 5) is 185. The number of carboxylic acids is 1. The van der Waals surface area contributed by atoms with Crippen molar-refractivity contribution in [3.63, 3.8) is 0 Å². The second kappa shape index (κ2) is 41.1. The lowest BCUT2D eigenvalue weighted by molar-refractivity contribution is -0.144. The van der Waals surface area contributed by atoms with Gasteiger partial charge in [-0.05, 0) is 119 Å². The van der Waals surface area contributed by atoms with Crippen molar-refractivity contribution >= 4 is 94.6 Å². The van der Waals surface area contributed by atoms with Crippen LogP contribution in [0.3, 0.4) is 0 Å². The summed E-state index contributed by atoms with van der Waals surface area (Å²) in [7, 11) is 0. The Morgan fingerprint density at radius 2 is 1.15 bits per heavy atom. The highest BCUT2D eigenvalue weighted by Crippen LogP contribution is 2.25. The number of thioether (sulfide) groups is 1. The van der Waals surface area contributed by atoms with E-state index in [1.54, 1.807) is 67.6 Å². The van der Waals surface area contributed by atoms with Crippen LogP contribution in [-0.2, 0) is 68.7 Å². The first-order valence-electron chi connectivity index (χ1n) is 32.5. The number of aliphatic carboxylic acids is 1. The molecule has 32 heteroatoms. The minimum absolute atomic E-state index is 0.0520. The molecule has 2 saturated heterocycles. The van der Waals surface area contributed by atoms with Gasteiger partial charge in [-0.25, -0.2) is 0 Å². The topological polar surface area (TPSA) is 513 Å². The largest absolute Gasteiger partial charge is 0.481 e. The summed E-state index contributed by atoms with van der Waals surface area (Å²) in [6.45, 7) is 5.42. The van der Waals surface area contributed by atoms with Crippen molar-refractivity contribution in [3.05, 3.63) is 71.8 Å². The van der Waals surface area contributed by atoms with E-state index in [9.17, 15) is 67.4 Å². The number of carboxylic acid groups (broad SMARTS) is 1. The third kappa shape index (κ3) is 26.7. The summed E-state index contributed by atoms with van der Waals surface area (Å²) in [6.07, 6.45) is 2.76. The van der Waals surface area contributed by atoms with Crippen LogP contribution >= 0.6 is 11.8 Å². The van der Waals surface area contributed by atoms with Crippen molar-refractivity contribution < 1.29 is 67.4 Å². The summed E-state index contributed by atoms with van der Waals surface area (Å²) in [6, 6.07) is 4.22. The molecule has 0 bridgehead atoms. The van der Waals surface area contributed by atoms with Gasteiger partial charge >= 0.3 is 5.97 Å². The summed E-state index contributed by atoms with van der Waals surface area (Å²) < 4.78 is 0. The average molecular weight is 1360 g/mol. The van der Waals surface area contributed by atoms with Crippen molar-refractivity contribution in [2.45, 2.75) is 190 Å². The molecule has 2 fully saturated rings. The highest BCUT2D eigenvalue weighted by atomic mass is 32.2. The number of aliphatic imine (C=N–C) groups is 1. The van der Waals surface area contributed by atoms with Gasteiger partial charge in [-0.15, -0.1) is 0 Å². The lowest BCUT2D eigenvalue weighted by Crippen LogP contribution is -2.60. The number of amides is 12. The number of nitrogens with two attached hydrogens (primary N) is 6. The molecule has 0 radical (unpaired) electrons. The van der Waals surface area contributed by atoms with Gasteiger partial charge in [0.1, 0.15) is 54.4 Å². The fourth-order valence-electron chi connectivity index (χ4n) is 11.3. The van der Waals surface area contributed by atoms with Crippen molar-refractivity contribution in [1.82, 2.24) is 52.3 Å². The first-order chi connectivity index (χ1) is 45.6. The Labute approximate surface area is 563 Å². The monoisotopic (exact) mass is 1360 g/mol. The number of benzene rings is 2. The number of carbonyl (C=O) groups excluding carboxylic acids is 12. The first-order valence-corrected chi connectivity index (χ1v) is 33.9. The predicted molar refractivity (Wildman–Crippen MR) is 359 cm³/mol. The maximum atomic E-state index is 14.9. The van der Waals surface area contributed by atoms with E-state index in [1.807, 2.05) is 20.1 Å². The molecule has 2 aromatic carbocycles. The first kappa shape index (κ1) is 79.5. The van der Waals surface area contributed by atoms with Crippen LogP contribution in [0.1, 0.15) is 134 Å². The average Bonchev–Trinajstić information content (AvgIpc) is 1.63. The van der Waals surface area contributed by atoms with E-state index >= 15 is 0 Å². The van der Waals surface area contributed by atoms with Crippen LogP contribution in [0.2, 0.25) is 0 Å². The van der Waals surface area contributed by atoms with E-state index in [2.05, 4.69) is 47.5 Å². The van der Waals surface area contributed by atoms with Gasteiger partial charge in [0.15, 0.2) is 5.96 Å². The Morgan fingerprint density at radius 3 is 1.72 bits per heavy atom. The van der Waals surface area contributed by atoms with E-state index in [0.717, 1.165) is 0 Å². The molecule has 4 rings (SSSR count). The molecule has 0 saturated carbocycles. The fourth-order valence-corrected chi connectivity index (χ4v) is 11.8. The molecule has 0 aromatic heterocycles. The van der Waals surface area contributed by atoms with E-state index in [0.29, 0.717) is 55.4 Å². The van der Waals surface area contributed by atoms with Crippen LogP contribution in [0.15, 0.2) is 65.7 Å². The molecule has 12 amide bonds. The van der Waals surface area contributed by atoms with Gasteiger partial charge in [-0.1, -0.05) is 81.4 Å². The number of unbranched alkanes of at least 4 members (excludes halogenated alkanes) is 1. The molecule has 0 aliphatic carbocycles. The van der Waals surface area contributed by atoms with Gasteiger partial charge in [-0.3, -0.25) is 67.3 Å². The molecule has 0 spiro atoms. The van der Waals surface area contributed by atoms with Crippen molar-refractivity contribution in [2.75, 3.05) is 44.7 Å². The van der Waals surface area contributed by atoms with Gasteiger partial charge in [0, 0.05) is 44.8 Å². The van der Waals surface area contributed by atoms with Crippen LogP contribution in [0.5, 0.6) is 0 Å². The molecule has 0 unspecified atom stereocenters. The number of nitrogens with zero attached hydrogens (tertiary/aromatic N) is 3. The molecule has 11 atom stereocenters. The Kier molecular flexibility index (Phi) is 34.1. The molecule has 530 valence electrons. The van der Waals surface area contributed by atoms with Crippen LogP contribution in [-0.4, -0.2) is 203 Å². The minimum atomic E-state index is -1.69. The van der Waals surface area contributed by atoms with E-state index in [4.69, 9.17) is 34.4 Å². The zero-order valence-electron chi connectivity index (χ0n) is 55.2. The third-order valence-electron chi connectivity index (χ3n) is 16.5. The van der Waals surface area contributed by atoms with Crippen molar-refractivity contribution in [3.8, 4) is 0 Å². The third-order valence-corrected chi connectivity index (χ3v) is 17.1. The van der Waals surface area contributed by atoms with Gasteiger partial charge in [0.25, 0.3) is 0 Å². The summed E-state index contributed by atoms with van der Waals surface area (Å²) in [5, 5.41) is 30.9. The Balaban J connectivity index is 1.59. The molecule has 2 heterocycles. The number of rotatable bonds is 42. The molecular formula is C64H99N17O14S. The number of carbonyl (C=O) groups is 13. The maximum absolute atomic E-state index is 14.9. The summed E-state index contributed by atoms with van der Waals surface area (Å²) in [5.74, 6) is -11.4. The summed E-state index contributed by atoms with van der Waals surface area (Å²) >= 11 is 1.45. The molecule has 31 nitrogen and oxygen atoms in total. The van der Waals surface area contributed by atoms with Crippen LogP contribution in [0.4, 0.5) is 0 Å². The molecular weight excluding hydrogens is 1260 g/mol. The number of likely N-dealkylation sites (tertiary alicyclic amines) is 2. The van der Waals surface area contributed by atoms with E-state index < -0.39 is 175 Å². The van der Waals surface area contributed by atoms with Gasteiger partial charge < -0.3 is 91.8 Å². The Hall–Kier alpha value is -8.91. The van der Waals surface area contributed by atoms with Crippen molar-refractivity contribution in [2.24, 2.45) is 45.3 Å². The zero-order chi connectivity index (χ0) is 71.0. The SMILES string of the molecule is CSCC[C@H](NC(=O)[C@H](CC(C)C)NC(=O)CNC(=O)[C@H](Cc1ccccc1)NC(=O)[C@@H](NC(=O)[C@H](CCC(N)=O)NC(=O)[C@H](CCC(=O)O)NC(=O)[C@@H]1CCCN1C(=O)[C@H](CCCCN)NC(=O)[C@@H]1CCCN1C(=O)[C@@H](N)CCCN=C(N)N)[C@H](C)c1ccccc1)C(N)=O.